The van der Waals surface area contributed by atoms with E-state index < -0.39 is 12.0 Å². The summed E-state index contributed by atoms with van der Waals surface area (Å²) in [6.45, 7) is 0.298. The van der Waals surface area contributed by atoms with Crippen molar-refractivity contribution in [2.24, 2.45) is 5.73 Å². The van der Waals surface area contributed by atoms with Crippen LogP contribution in [0.4, 0.5) is 4.79 Å². The molecule has 5 rings (SSSR count). The van der Waals surface area contributed by atoms with E-state index in [1.54, 1.807) is 30.1 Å². The van der Waals surface area contributed by atoms with Gasteiger partial charge in [0.15, 0.2) is 0 Å². The van der Waals surface area contributed by atoms with E-state index in [-0.39, 0.29) is 49.8 Å². The van der Waals surface area contributed by atoms with Gasteiger partial charge in [0.1, 0.15) is 6.04 Å². The Kier molecular flexibility index (Phi) is 13.7. The first-order valence-electron chi connectivity index (χ1n) is 16.4. The lowest BCUT2D eigenvalue weighted by atomic mass is 9.88. The number of carbonyl (C=O) groups is 4. The largest absolute Gasteiger partial charge is 0.480 e. The molecule has 3 aromatic rings. The lowest BCUT2D eigenvalue weighted by Crippen LogP contribution is -2.46. The lowest BCUT2D eigenvalue weighted by molar-refractivity contribution is -0.150. The van der Waals surface area contributed by atoms with Crippen LogP contribution in [0.15, 0.2) is 78.9 Å². The fourth-order valence-electron chi connectivity index (χ4n) is 6.42. The van der Waals surface area contributed by atoms with Gasteiger partial charge in [-0.05, 0) is 54.5 Å². The number of nitrogens with two attached hydrogens (primary N) is 1. The molecule has 0 aromatic heterocycles. The number of rotatable bonds is 10. The van der Waals surface area contributed by atoms with Crippen LogP contribution in [-0.4, -0.2) is 82.4 Å². The molecule has 1 atom stereocenters. The Balaban J connectivity index is 0.000000401. The SMILES string of the molecule is CN(C(N)=O)C1CCCCC1.O=C(O)C1CC(=O)N(CCc2ccc(Cl)cc2Cl)CC(=O)N1CCC(c1ccccc1)c1ccccc1. The number of benzene rings is 3. The van der Waals surface area contributed by atoms with E-state index in [2.05, 4.69) is 0 Å². The number of carbonyl (C=O) groups excluding carboxylic acids is 3. The molecule has 0 bridgehead atoms. The van der Waals surface area contributed by atoms with E-state index in [0.717, 1.165) is 29.5 Å². The van der Waals surface area contributed by atoms with Crippen LogP contribution in [0.2, 0.25) is 10.0 Å². The van der Waals surface area contributed by atoms with Crippen LogP contribution in [0.25, 0.3) is 0 Å². The van der Waals surface area contributed by atoms with Crippen LogP contribution in [0.1, 0.15) is 67.6 Å². The maximum Gasteiger partial charge on any atom is 0.326 e. The molecule has 2 fully saturated rings. The molecule has 1 heterocycles. The second-order valence-electron chi connectivity index (χ2n) is 12.3. The van der Waals surface area contributed by atoms with Crippen molar-refractivity contribution in [3.05, 3.63) is 106 Å². The van der Waals surface area contributed by atoms with Gasteiger partial charge in [0, 0.05) is 42.1 Å². The van der Waals surface area contributed by atoms with Crippen LogP contribution in [0, 0.1) is 0 Å². The molecule has 1 aliphatic carbocycles. The van der Waals surface area contributed by atoms with Gasteiger partial charge in [-0.25, -0.2) is 9.59 Å². The quantitative estimate of drug-likeness (QED) is 0.247. The van der Waals surface area contributed by atoms with Gasteiger partial charge < -0.3 is 25.5 Å². The molecule has 1 unspecified atom stereocenters. The number of aliphatic carboxylic acids is 1. The molecule has 11 heteroatoms. The highest BCUT2D eigenvalue weighted by molar-refractivity contribution is 6.35. The van der Waals surface area contributed by atoms with Crippen molar-refractivity contribution in [3.63, 3.8) is 0 Å². The molecule has 3 N–H and O–H groups in total. The van der Waals surface area contributed by atoms with Gasteiger partial charge >= 0.3 is 12.0 Å². The number of carboxylic acid groups (broad SMARTS) is 1. The summed E-state index contributed by atoms with van der Waals surface area (Å²) in [5.74, 6) is -1.94. The first-order chi connectivity index (χ1) is 23.0. The third kappa shape index (κ3) is 10.2. The highest BCUT2D eigenvalue weighted by Crippen LogP contribution is 2.29. The van der Waals surface area contributed by atoms with Crippen molar-refractivity contribution in [1.82, 2.24) is 14.7 Å². The topological polar surface area (TPSA) is 124 Å². The monoisotopic (exact) mass is 694 g/mol. The van der Waals surface area contributed by atoms with Crippen molar-refractivity contribution >= 4 is 47.0 Å². The Morgan fingerprint density at radius 1 is 0.896 bits per heavy atom. The molecular weight excluding hydrogens is 651 g/mol. The van der Waals surface area contributed by atoms with Gasteiger partial charge in [0.25, 0.3) is 0 Å². The van der Waals surface area contributed by atoms with Crippen molar-refractivity contribution in [2.45, 2.75) is 69.4 Å². The number of hydrogen-bond acceptors (Lipinski definition) is 4. The second-order valence-corrected chi connectivity index (χ2v) is 13.2. The zero-order valence-corrected chi connectivity index (χ0v) is 28.8. The van der Waals surface area contributed by atoms with Crippen molar-refractivity contribution in [3.8, 4) is 0 Å². The Bertz CT molecular complexity index is 1500. The van der Waals surface area contributed by atoms with Gasteiger partial charge in [-0.3, -0.25) is 9.59 Å². The Labute approximate surface area is 292 Å². The van der Waals surface area contributed by atoms with E-state index in [9.17, 15) is 24.3 Å². The number of nitrogens with zero attached hydrogens (tertiary/aromatic N) is 3. The molecule has 9 nitrogen and oxygen atoms in total. The van der Waals surface area contributed by atoms with Crippen molar-refractivity contribution in [2.75, 3.05) is 26.7 Å². The Hall–Kier alpha value is -4.08. The summed E-state index contributed by atoms with van der Waals surface area (Å²) in [4.78, 5) is 53.7. The number of hydrogen-bond donors (Lipinski definition) is 2. The van der Waals surface area contributed by atoms with Crippen molar-refractivity contribution in [1.29, 1.82) is 0 Å². The molecule has 4 amide bonds. The molecule has 256 valence electrons. The molecule has 3 aromatic carbocycles. The van der Waals surface area contributed by atoms with Crippen molar-refractivity contribution < 1.29 is 24.3 Å². The van der Waals surface area contributed by atoms with Gasteiger partial charge in [0.2, 0.25) is 11.8 Å². The normalized spacial score (nSPS) is 17.0. The number of carboxylic acids is 1. The fraction of sp³-hybridized carbons (Fsp3) is 0.405. The molecule has 1 saturated carbocycles. The third-order valence-electron chi connectivity index (χ3n) is 9.23. The van der Waals surface area contributed by atoms with Gasteiger partial charge in [-0.2, -0.15) is 0 Å². The number of primary amides is 1. The number of amides is 4. The van der Waals surface area contributed by atoms with E-state index in [0.29, 0.717) is 28.9 Å². The van der Waals surface area contributed by atoms with E-state index in [1.807, 2.05) is 60.7 Å². The smallest absolute Gasteiger partial charge is 0.326 e. The maximum absolute atomic E-state index is 13.3. The Morgan fingerprint density at radius 3 is 2.04 bits per heavy atom. The maximum atomic E-state index is 13.3. The van der Waals surface area contributed by atoms with Gasteiger partial charge in [-0.1, -0.05) is 109 Å². The molecule has 1 saturated heterocycles. The number of urea groups is 1. The summed E-state index contributed by atoms with van der Waals surface area (Å²) in [5, 5.41) is 10.9. The molecule has 48 heavy (non-hydrogen) atoms. The van der Waals surface area contributed by atoms with Crippen LogP contribution in [0.3, 0.4) is 0 Å². The van der Waals surface area contributed by atoms with E-state index in [1.165, 1.54) is 29.1 Å². The predicted molar refractivity (Wildman–Crippen MR) is 188 cm³/mol. The summed E-state index contributed by atoms with van der Waals surface area (Å²) < 4.78 is 0. The molecule has 0 spiro atoms. The molecular formula is C37H44Cl2N4O5. The highest BCUT2D eigenvalue weighted by atomic mass is 35.5. The van der Waals surface area contributed by atoms with E-state index >= 15 is 0 Å². The Morgan fingerprint density at radius 2 is 1.50 bits per heavy atom. The average molecular weight is 696 g/mol. The first kappa shape index (κ1) is 36.8. The van der Waals surface area contributed by atoms with Gasteiger partial charge in [0.05, 0.1) is 13.0 Å². The first-order valence-corrected chi connectivity index (χ1v) is 17.2. The van der Waals surface area contributed by atoms with Gasteiger partial charge in [-0.15, -0.1) is 0 Å². The minimum atomic E-state index is -1.21. The van der Waals surface area contributed by atoms with Crippen LogP contribution >= 0.6 is 23.2 Å². The number of halogens is 2. The summed E-state index contributed by atoms with van der Waals surface area (Å²) in [6.07, 6.45) is 6.72. The summed E-state index contributed by atoms with van der Waals surface area (Å²) in [7, 11) is 1.79. The standard InChI is InChI=1S/C29H28Cl2N2O4.C8H16N2O/c30-23-12-11-22(25(31)17-23)13-15-32-19-28(35)33(26(29(36)37)18-27(32)34)16-14-24(20-7-3-1-4-8-20)21-9-5-2-6-10-21;1-10(8(9)11)7-5-3-2-4-6-7/h1-12,17,24,26H,13-16,18-19H2,(H,36,37);7H,2-6H2,1H3,(H2,9,11). The van der Waals surface area contributed by atoms with Crippen LogP contribution in [-0.2, 0) is 20.8 Å². The molecule has 2 aliphatic rings. The highest BCUT2D eigenvalue weighted by Gasteiger charge is 2.38. The average Bonchev–Trinajstić information content (AvgIpc) is 3.21. The third-order valence-corrected chi connectivity index (χ3v) is 9.81. The minimum Gasteiger partial charge on any atom is -0.480 e. The predicted octanol–water partition coefficient (Wildman–Crippen LogP) is 6.60. The zero-order chi connectivity index (χ0) is 34.6. The summed E-state index contributed by atoms with van der Waals surface area (Å²) in [5.41, 5.74) is 8.12. The zero-order valence-electron chi connectivity index (χ0n) is 27.3. The van der Waals surface area contributed by atoms with Crippen LogP contribution < -0.4 is 5.73 Å². The second kappa shape index (κ2) is 17.9. The fourth-order valence-corrected chi connectivity index (χ4v) is 6.92. The van der Waals surface area contributed by atoms with Crippen LogP contribution in [0.5, 0.6) is 0 Å². The molecule has 0 radical (unpaired) electrons. The minimum absolute atomic E-state index is 0.0215. The lowest BCUT2D eigenvalue weighted by Gasteiger charge is -2.29. The molecule has 1 aliphatic heterocycles. The van der Waals surface area contributed by atoms with E-state index in [4.69, 9.17) is 28.9 Å². The summed E-state index contributed by atoms with van der Waals surface area (Å²) in [6, 6.07) is 23.9. The summed E-state index contributed by atoms with van der Waals surface area (Å²) >= 11 is 12.2.